The SMILES string of the molecule is CCCCOc1cc(C)c(C2(c3cc4ccccc4s3)CC2)cc1Br. The second-order valence-electron chi connectivity index (χ2n) is 7.03. The first-order valence-corrected chi connectivity index (χ1v) is 10.7. The summed E-state index contributed by atoms with van der Waals surface area (Å²) in [7, 11) is 0. The third-order valence-electron chi connectivity index (χ3n) is 5.20. The molecule has 1 saturated carbocycles. The monoisotopic (exact) mass is 414 g/mol. The van der Waals surface area contributed by atoms with Crippen molar-refractivity contribution in [3.63, 3.8) is 0 Å². The van der Waals surface area contributed by atoms with Crippen molar-refractivity contribution >= 4 is 37.4 Å². The van der Waals surface area contributed by atoms with Crippen molar-refractivity contribution in [1.82, 2.24) is 0 Å². The van der Waals surface area contributed by atoms with Crippen molar-refractivity contribution in [2.45, 2.75) is 44.9 Å². The average molecular weight is 415 g/mol. The highest BCUT2D eigenvalue weighted by atomic mass is 79.9. The van der Waals surface area contributed by atoms with Crippen LogP contribution in [-0.2, 0) is 5.41 Å². The van der Waals surface area contributed by atoms with Crippen molar-refractivity contribution in [1.29, 1.82) is 0 Å². The van der Waals surface area contributed by atoms with Gasteiger partial charge >= 0.3 is 0 Å². The Balaban J connectivity index is 1.69. The molecule has 1 aliphatic rings. The first-order valence-electron chi connectivity index (χ1n) is 9.06. The summed E-state index contributed by atoms with van der Waals surface area (Å²) in [5.74, 6) is 0.974. The zero-order valence-electron chi connectivity index (χ0n) is 14.8. The van der Waals surface area contributed by atoms with Crippen LogP contribution in [0.5, 0.6) is 5.75 Å². The smallest absolute Gasteiger partial charge is 0.133 e. The number of rotatable bonds is 6. The predicted molar refractivity (Wildman–Crippen MR) is 111 cm³/mol. The topological polar surface area (TPSA) is 9.23 Å². The first-order chi connectivity index (χ1) is 12.1. The van der Waals surface area contributed by atoms with Gasteiger partial charge in [0.05, 0.1) is 11.1 Å². The fourth-order valence-corrected chi connectivity index (χ4v) is 5.38. The highest BCUT2D eigenvalue weighted by molar-refractivity contribution is 9.10. The molecule has 0 saturated heterocycles. The van der Waals surface area contributed by atoms with E-state index in [1.165, 1.54) is 38.9 Å². The first kappa shape index (κ1) is 17.1. The van der Waals surface area contributed by atoms with E-state index in [-0.39, 0.29) is 5.41 Å². The van der Waals surface area contributed by atoms with E-state index in [0.29, 0.717) is 0 Å². The average Bonchev–Trinajstić information content (AvgIpc) is 3.29. The number of ether oxygens (including phenoxy) is 1. The van der Waals surface area contributed by atoms with Gasteiger partial charge in [0, 0.05) is 15.0 Å². The third kappa shape index (κ3) is 3.13. The number of unbranched alkanes of at least 4 members (excludes halogenated alkanes) is 1. The molecule has 1 aliphatic carbocycles. The maximum absolute atomic E-state index is 5.96. The van der Waals surface area contributed by atoms with Crippen molar-refractivity contribution in [2.75, 3.05) is 6.61 Å². The molecular weight excluding hydrogens is 392 g/mol. The van der Waals surface area contributed by atoms with Gasteiger partial charge in [-0.05, 0) is 82.9 Å². The molecule has 0 radical (unpaired) electrons. The van der Waals surface area contributed by atoms with Crippen molar-refractivity contribution in [3.8, 4) is 5.75 Å². The minimum Gasteiger partial charge on any atom is -0.492 e. The molecular formula is C22H23BrOS. The van der Waals surface area contributed by atoms with Gasteiger partial charge in [0.2, 0.25) is 0 Å². The summed E-state index contributed by atoms with van der Waals surface area (Å²) in [6.07, 6.45) is 4.73. The molecule has 4 rings (SSSR count). The van der Waals surface area contributed by atoms with Crippen LogP contribution in [0.4, 0.5) is 0 Å². The van der Waals surface area contributed by atoms with Crippen LogP contribution in [0.2, 0.25) is 0 Å². The summed E-state index contributed by atoms with van der Waals surface area (Å²) in [4.78, 5) is 1.50. The van der Waals surface area contributed by atoms with Gasteiger partial charge in [-0.15, -0.1) is 11.3 Å². The fourth-order valence-electron chi connectivity index (χ4n) is 3.60. The molecule has 3 aromatic rings. The van der Waals surface area contributed by atoms with Gasteiger partial charge in [-0.3, -0.25) is 0 Å². The van der Waals surface area contributed by atoms with E-state index in [1.807, 2.05) is 11.3 Å². The lowest BCUT2D eigenvalue weighted by Gasteiger charge is -2.19. The number of hydrogen-bond acceptors (Lipinski definition) is 2. The Bertz CT molecular complexity index is 875. The van der Waals surface area contributed by atoms with Gasteiger partial charge in [0.25, 0.3) is 0 Å². The Kier molecular flexibility index (Phi) is 4.63. The molecule has 0 spiro atoms. The molecule has 0 atom stereocenters. The Morgan fingerprint density at radius 2 is 1.96 bits per heavy atom. The van der Waals surface area contributed by atoms with E-state index in [4.69, 9.17) is 4.74 Å². The second-order valence-corrected chi connectivity index (χ2v) is 8.97. The number of fused-ring (bicyclic) bond motifs is 1. The van der Waals surface area contributed by atoms with Crippen LogP contribution in [0.3, 0.4) is 0 Å². The molecule has 3 heteroatoms. The largest absolute Gasteiger partial charge is 0.492 e. The molecule has 130 valence electrons. The molecule has 1 heterocycles. The Hall–Kier alpha value is -1.32. The Morgan fingerprint density at radius 1 is 1.16 bits per heavy atom. The summed E-state index contributed by atoms with van der Waals surface area (Å²) in [5.41, 5.74) is 3.00. The third-order valence-corrected chi connectivity index (χ3v) is 7.14. The summed E-state index contributed by atoms with van der Waals surface area (Å²) < 4.78 is 8.42. The minimum atomic E-state index is 0.207. The molecule has 0 unspecified atom stereocenters. The predicted octanol–water partition coefficient (Wildman–Crippen LogP) is 7.23. The van der Waals surface area contributed by atoms with Crippen molar-refractivity contribution in [2.24, 2.45) is 0 Å². The van der Waals surface area contributed by atoms with Gasteiger partial charge in [-0.2, -0.15) is 0 Å². The quantitative estimate of drug-likeness (QED) is 0.386. The highest BCUT2D eigenvalue weighted by Crippen LogP contribution is 2.57. The molecule has 0 N–H and O–H groups in total. The molecule has 1 aromatic heterocycles. The molecule has 0 aliphatic heterocycles. The van der Waals surface area contributed by atoms with Crippen LogP contribution in [0.1, 0.15) is 48.6 Å². The summed E-state index contributed by atoms with van der Waals surface area (Å²) >= 11 is 5.69. The van der Waals surface area contributed by atoms with Crippen LogP contribution in [-0.4, -0.2) is 6.61 Å². The van der Waals surface area contributed by atoms with Crippen molar-refractivity contribution in [3.05, 3.63) is 62.9 Å². The van der Waals surface area contributed by atoms with E-state index in [2.05, 4.69) is 72.2 Å². The molecule has 2 aromatic carbocycles. The van der Waals surface area contributed by atoms with Gasteiger partial charge in [0.15, 0.2) is 0 Å². The highest BCUT2D eigenvalue weighted by Gasteiger charge is 2.48. The zero-order chi connectivity index (χ0) is 17.4. The molecule has 1 nitrogen and oxygen atoms in total. The summed E-state index contributed by atoms with van der Waals surface area (Å²) in [5, 5.41) is 1.37. The second kappa shape index (κ2) is 6.77. The van der Waals surface area contributed by atoms with Crippen LogP contribution in [0, 0.1) is 6.92 Å². The Labute approximate surface area is 162 Å². The lowest BCUT2D eigenvalue weighted by Crippen LogP contribution is -2.09. The van der Waals surface area contributed by atoms with Gasteiger partial charge < -0.3 is 4.74 Å². The lowest BCUT2D eigenvalue weighted by molar-refractivity contribution is 0.307. The van der Waals surface area contributed by atoms with Crippen molar-refractivity contribution < 1.29 is 4.74 Å². The number of thiophene rings is 1. The number of aryl methyl sites for hydroxylation is 1. The van der Waals surface area contributed by atoms with Gasteiger partial charge in [-0.25, -0.2) is 0 Å². The number of benzene rings is 2. The van der Waals surface area contributed by atoms with Crippen LogP contribution in [0.15, 0.2) is 46.9 Å². The Morgan fingerprint density at radius 3 is 2.68 bits per heavy atom. The molecule has 0 bridgehead atoms. The standard InChI is InChI=1S/C22H23BrOS/c1-3-4-11-24-19-12-15(2)17(14-18(19)23)22(9-10-22)21-13-16-7-5-6-8-20(16)25-21/h5-8,12-14H,3-4,9-11H2,1-2H3. The number of hydrogen-bond donors (Lipinski definition) is 0. The maximum Gasteiger partial charge on any atom is 0.133 e. The van der Waals surface area contributed by atoms with E-state index in [9.17, 15) is 0 Å². The van der Waals surface area contributed by atoms with Crippen LogP contribution in [0.25, 0.3) is 10.1 Å². The maximum atomic E-state index is 5.96. The van der Waals surface area contributed by atoms with E-state index in [1.54, 1.807) is 0 Å². The van der Waals surface area contributed by atoms with Gasteiger partial charge in [-0.1, -0.05) is 31.5 Å². The molecule has 25 heavy (non-hydrogen) atoms. The normalized spacial score (nSPS) is 15.5. The number of halogens is 1. The van der Waals surface area contributed by atoms with E-state index in [0.717, 1.165) is 29.7 Å². The van der Waals surface area contributed by atoms with Crippen LogP contribution < -0.4 is 4.74 Å². The lowest BCUT2D eigenvalue weighted by atomic mass is 9.90. The minimum absolute atomic E-state index is 0.207. The van der Waals surface area contributed by atoms with E-state index < -0.39 is 0 Å². The van der Waals surface area contributed by atoms with Crippen LogP contribution >= 0.6 is 27.3 Å². The summed E-state index contributed by atoms with van der Waals surface area (Å²) in [6.45, 7) is 5.20. The molecule has 1 fully saturated rings. The van der Waals surface area contributed by atoms with Gasteiger partial charge in [0.1, 0.15) is 5.75 Å². The molecule has 0 amide bonds. The van der Waals surface area contributed by atoms with E-state index >= 15 is 0 Å². The fraction of sp³-hybridized carbons (Fsp3) is 0.364. The summed E-state index contributed by atoms with van der Waals surface area (Å²) in [6, 6.07) is 15.6. The zero-order valence-corrected chi connectivity index (χ0v) is 17.2.